The quantitative estimate of drug-likeness (QED) is 0.427. The molecule has 3 fully saturated rings. The lowest BCUT2D eigenvalue weighted by molar-refractivity contribution is -0.123. The standard InChI is InChI=1S/C25H29N3OS2/c1-16-9-11-27(12-10-16)23-19(14-18-13-17(2)7-8-21(18)26-23)15-22-24(29)28(25(30)31-22)20-5-3-4-6-20/h7-8,13-16,20H,3-6,9-12H2,1-2H3/b22-15-. The largest absolute Gasteiger partial charge is 0.356 e. The van der Waals surface area contributed by atoms with Gasteiger partial charge in [0.25, 0.3) is 5.91 Å². The van der Waals surface area contributed by atoms with Gasteiger partial charge in [0.05, 0.1) is 10.4 Å². The van der Waals surface area contributed by atoms with Crippen LogP contribution in [0.1, 0.15) is 56.6 Å². The maximum atomic E-state index is 13.3. The summed E-state index contributed by atoms with van der Waals surface area (Å²) in [6.07, 6.45) is 8.89. The molecule has 6 heteroatoms. The van der Waals surface area contributed by atoms with Crippen LogP contribution in [-0.2, 0) is 4.79 Å². The Morgan fingerprint density at radius 3 is 2.61 bits per heavy atom. The summed E-state index contributed by atoms with van der Waals surface area (Å²) in [5.41, 5.74) is 3.25. The Balaban J connectivity index is 1.55. The number of carbonyl (C=O) groups is 1. The fraction of sp³-hybridized carbons (Fsp3) is 0.480. The molecule has 0 spiro atoms. The Labute approximate surface area is 194 Å². The van der Waals surface area contributed by atoms with Crippen LogP contribution in [0.5, 0.6) is 0 Å². The maximum absolute atomic E-state index is 13.3. The molecule has 1 amide bonds. The molecule has 0 bridgehead atoms. The third-order valence-electron chi connectivity index (χ3n) is 6.86. The fourth-order valence-corrected chi connectivity index (χ4v) is 6.37. The Kier molecular flexibility index (Phi) is 5.78. The van der Waals surface area contributed by atoms with E-state index in [4.69, 9.17) is 17.2 Å². The molecular formula is C25H29N3OS2. The molecule has 2 aromatic rings. The van der Waals surface area contributed by atoms with Crippen molar-refractivity contribution in [2.75, 3.05) is 18.0 Å². The molecule has 31 heavy (non-hydrogen) atoms. The third kappa shape index (κ3) is 4.12. The highest BCUT2D eigenvalue weighted by atomic mass is 32.2. The van der Waals surface area contributed by atoms with Gasteiger partial charge in [0, 0.05) is 30.1 Å². The van der Waals surface area contributed by atoms with E-state index >= 15 is 0 Å². The van der Waals surface area contributed by atoms with Crippen molar-refractivity contribution in [3.05, 3.63) is 40.3 Å². The number of amides is 1. The lowest BCUT2D eigenvalue weighted by Gasteiger charge is -2.32. The van der Waals surface area contributed by atoms with Crippen LogP contribution >= 0.6 is 24.0 Å². The number of hydrogen-bond donors (Lipinski definition) is 0. The van der Waals surface area contributed by atoms with Crippen molar-refractivity contribution in [1.82, 2.24) is 9.88 Å². The van der Waals surface area contributed by atoms with Gasteiger partial charge in [-0.1, -0.05) is 55.4 Å². The van der Waals surface area contributed by atoms with Gasteiger partial charge in [-0.25, -0.2) is 4.98 Å². The first-order valence-electron chi connectivity index (χ1n) is 11.4. The van der Waals surface area contributed by atoms with Crippen molar-refractivity contribution < 1.29 is 4.79 Å². The molecule has 3 aliphatic rings. The van der Waals surface area contributed by atoms with Gasteiger partial charge in [-0.15, -0.1) is 0 Å². The van der Waals surface area contributed by atoms with Crippen LogP contribution in [0.25, 0.3) is 17.0 Å². The molecule has 162 valence electrons. The van der Waals surface area contributed by atoms with Crippen molar-refractivity contribution in [2.45, 2.75) is 58.4 Å². The number of aryl methyl sites for hydroxylation is 1. The van der Waals surface area contributed by atoms with Crippen LogP contribution in [0.2, 0.25) is 0 Å². The molecule has 0 unspecified atom stereocenters. The van der Waals surface area contributed by atoms with E-state index in [0.717, 1.165) is 59.0 Å². The average Bonchev–Trinajstić information content (AvgIpc) is 3.36. The minimum atomic E-state index is 0.0736. The number of piperidine rings is 1. The highest BCUT2D eigenvalue weighted by Gasteiger charge is 2.38. The number of rotatable bonds is 3. The van der Waals surface area contributed by atoms with Crippen molar-refractivity contribution in [3.63, 3.8) is 0 Å². The topological polar surface area (TPSA) is 36.4 Å². The highest BCUT2D eigenvalue weighted by molar-refractivity contribution is 8.26. The highest BCUT2D eigenvalue weighted by Crippen LogP contribution is 2.39. The number of thioether (sulfide) groups is 1. The molecule has 2 aliphatic heterocycles. The Morgan fingerprint density at radius 1 is 1.13 bits per heavy atom. The molecular weight excluding hydrogens is 422 g/mol. The predicted octanol–water partition coefficient (Wildman–Crippen LogP) is 5.92. The molecule has 1 aliphatic carbocycles. The Morgan fingerprint density at radius 2 is 1.87 bits per heavy atom. The van der Waals surface area contributed by atoms with Crippen molar-refractivity contribution in [3.8, 4) is 0 Å². The van der Waals surface area contributed by atoms with E-state index in [1.165, 1.54) is 43.0 Å². The van der Waals surface area contributed by atoms with Crippen LogP contribution in [0.15, 0.2) is 29.2 Å². The first-order chi connectivity index (χ1) is 15.0. The van der Waals surface area contributed by atoms with E-state index in [-0.39, 0.29) is 11.9 Å². The van der Waals surface area contributed by atoms with Gasteiger partial charge in [0.2, 0.25) is 0 Å². The number of anilines is 1. The molecule has 1 aromatic heterocycles. The lowest BCUT2D eigenvalue weighted by atomic mass is 9.98. The maximum Gasteiger partial charge on any atom is 0.266 e. The molecule has 0 radical (unpaired) electrons. The summed E-state index contributed by atoms with van der Waals surface area (Å²) in [6, 6.07) is 8.86. The summed E-state index contributed by atoms with van der Waals surface area (Å²) in [6.45, 7) is 6.44. The number of nitrogens with zero attached hydrogens (tertiary/aromatic N) is 3. The summed E-state index contributed by atoms with van der Waals surface area (Å²) in [7, 11) is 0. The second-order valence-electron chi connectivity index (χ2n) is 9.26. The van der Waals surface area contributed by atoms with Crippen LogP contribution < -0.4 is 4.90 Å². The average molecular weight is 452 g/mol. The van der Waals surface area contributed by atoms with Crippen LogP contribution in [0.4, 0.5) is 5.82 Å². The van der Waals surface area contributed by atoms with Crippen LogP contribution in [0.3, 0.4) is 0 Å². The van der Waals surface area contributed by atoms with Crippen LogP contribution in [0, 0.1) is 12.8 Å². The summed E-state index contributed by atoms with van der Waals surface area (Å²) >= 11 is 7.06. The second-order valence-corrected chi connectivity index (χ2v) is 10.9. The van der Waals surface area contributed by atoms with Gasteiger partial charge < -0.3 is 4.90 Å². The molecule has 3 heterocycles. The van der Waals surface area contributed by atoms with E-state index in [9.17, 15) is 4.79 Å². The molecule has 0 atom stereocenters. The van der Waals surface area contributed by atoms with E-state index in [2.05, 4.69) is 43.0 Å². The summed E-state index contributed by atoms with van der Waals surface area (Å²) in [5, 5.41) is 1.12. The van der Waals surface area contributed by atoms with Gasteiger partial charge in [0.1, 0.15) is 10.1 Å². The number of carbonyl (C=O) groups excluding carboxylic acids is 1. The van der Waals surface area contributed by atoms with Gasteiger partial charge in [-0.2, -0.15) is 0 Å². The monoisotopic (exact) mass is 451 g/mol. The number of hydrogen-bond acceptors (Lipinski definition) is 5. The van der Waals surface area contributed by atoms with Crippen molar-refractivity contribution in [1.29, 1.82) is 0 Å². The van der Waals surface area contributed by atoms with Gasteiger partial charge in [0.15, 0.2) is 0 Å². The summed E-state index contributed by atoms with van der Waals surface area (Å²) in [5.74, 6) is 1.82. The number of fused-ring (bicyclic) bond motifs is 1. The van der Waals surface area contributed by atoms with Crippen LogP contribution in [-0.4, -0.2) is 39.2 Å². The minimum absolute atomic E-state index is 0.0736. The molecule has 2 saturated heterocycles. The number of benzene rings is 1. The summed E-state index contributed by atoms with van der Waals surface area (Å²) < 4.78 is 0.709. The zero-order valence-corrected chi connectivity index (χ0v) is 19.9. The SMILES string of the molecule is Cc1ccc2nc(N3CCC(C)CC3)c(/C=C3\SC(=S)N(C4CCCC4)C3=O)cc2c1. The zero-order chi connectivity index (χ0) is 21.5. The van der Waals surface area contributed by atoms with E-state index in [0.29, 0.717) is 4.32 Å². The summed E-state index contributed by atoms with van der Waals surface area (Å²) in [4.78, 5) is 23.3. The Bertz CT molecular complexity index is 1070. The minimum Gasteiger partial charge on any atom is -0.356 e. The molecule has 0 N–H and O–H groups in total. The van der Waals surface area contributed by atoms with Gasteiger partial charge >= 0.3 is 0 Å². The molecule has 1 saturated carbocycles. The first kappa shape index (κ1) is 21.0. The van der Waals surface area contributed by atoms with E-state index in [1.807, 2.05) is 11.0 Å². The van der Waals surface area contributed by atoms with Crippen molar-refractivity contribution in [2.24, 2.45) is 5.92 Å². The normalized spacial score (nSPS) is 22.5. The first-order valence-corrected chi connectivity index (χ1v) is 12.7. The smallest absolute Gasteiger partial charge is 0.266 e. The molecule has 5 rings (SSSR count). The second kappa shape index (κ2) is 8.55. The zero-order valence-electron chi connectivity index (χ0n) is 18.3. The lowest BCUT2D eigenvalue weighted by Crippen LogP contribution is -2.36. The van der Waals surface area contributed by atoms with E-state index in [1.54, 1.807) is 0 Å². The number of pyridine rings is 1. The fourth-order valence-electron chi connectivity index (χ4n) is 4.98. The van der Waals surface area contributed by atoms with Crippen molar-refractivity contribution >= 4 is 57.0 Å². The van der Waals surface area contributed by atoms with E-state index < -0.39 is 0 Å². The van der Waals surface area contributed by atoms with Gasteiger partial charge in [-0.3, -0.25) is 9.69 Å². The van der Waals surface area contributed by atoms with Gasteiger partial charge in [-0.05, 0) is 62.8 Å². The number of thiocarbonyl (C=S) groups is 1. The predicted molar refractivity (Wildman–Crippen MR) is 134 cm³/mol. The molecule has 1 aromatic carbocycles. The third-order valence-corrected chi connectivity index (χ3v) is 8.19. The Hall–Kier alpha value is -1.92. The number of aromatic nitrogens is 1. The molecule has 4 nitrogen and oxygen atoms in total.